The zero-order valence-corrected chi connectivity index (χ0v) is 25.3. The maximum Gasteiger partial charge on any atom is 0.245 e. The van der Waals surface area contributed by atoms with Crippen molar-refractivity contribution in [2.45, 2.75) is 19.3 Å². The Bertz CT molecular complexity index is 1510. The van der Waals surface area contributed by atoms with E-state index in [0.717, 1.165) is 37.9 Å². The van der Waals surface area contributed by atoms with Crippen molar-refractivity contribution in [3.8, 4) is 17.2 Å². The highest BCUT2D eigenvalue weighted by Gasteiger charge is 2.25. The molecule has 0 bridgehead atoms. The fraction of sp³-hybridized carbons (Fsp3) is 0.424. The van der Waals surface area contributed by atoms with Crippen molar-refractivity contribution in [3.63, 3.8) is 0 Å². The van der Waals surface area contributed by atoms with Crippen LogP contribution in [-0.2, 0) is 9.53 Å². The predicted octanol–water partition coefficient (Wildman–Crippen LogP) is 3.86. The fourth-order valence-corrected chi connectivity index (χ4v) is 5.68. The summed E-state index contributed by atoms with van der Waals surface area (Å²) in [4.78, 5) is 32.3. The third kappa shape index (κ3) is 7.72. The lowest BCUT2D eigenvalue weighted by Gasteiger charge is -2.33. The van der Waals surface area contributed by atoms with Crippen molar-refractivity contribution < 1.29 is 28.9 Å². The van der Waals surface area contributed by atoms with Crippen LogP contribution >= 0.6 is 0 Å². The normalized spacial score (nSPS) is 17.4. The van der Waals surface area contributed by atoms with Crippen LogP contribution in [0.3, 0.4) is 0 Å². The standard InChI is InChI=1S/C33H41N5O6/c1-34-22-32(40)38-14-10-26-19-30(29(21-28(26)38)43-18-17-42-2)44-27-7-11-35-31(20-27)36-33(41)25-5-3-23(4-6-25)24-8-12-37(13-9-24)15-16-39/h3-5,7,10-11,14,19-21,24-25,34,39H,6,8-9,12-13,15-18,22H2,1-2H3,(H,35,36,41). The number of nitrogens with one attached hydrogen (secondary N) is 2. The molecule has 0 spiro atoms. The second kappa shape index (κ2) is 15.1. The summed E-state index contributed by atoms with van der Waals surface area (Å²) >= 11 is 0. The van der Waals surface area contributed by atoms with Crippen LogP contribution in [0.4, 0.5) is 5.82 Å². The lowest BCUT2D eigenvalue weighted by atomic mass is 9.84. The number of likely N-dealkylation sites (N-methyl/N-ethyl adjacent to an activating group) is 1. The Balaban J connectivity index is 1.24. The van der Waals surface area contributed by atoms with Crippen LogP contribution in [0, 0.1) is 11.8 Å². The van der Waals surface area contributed by atoms with Gasteiger partial charge in [0.2, 0.25) is 11.8 Å². The first-order valence-corrected chi connectivity index (χ1v) is 15.1. The molecule has 44 heavy (non-hydrogen) atoms. The number of carbonyl (C=O) groups excluding carboxylic acids is 2. The first-order chi connectivity index (χ1) is 21.5. The number of β-amino-alcohol motifs (C(OH)–C–C–N with tert-alkyl or cyclic N) is 1. The number of aliphatic hydroxyl groups is 1. The van der Waals surface area contributed by atoms with Crippen molar-refractivity contribution in [1.82, 2.24) is 19.8 Å². The number of hydrogen-bond acceptors (Lipinski definition) is 9. The molecule has 1 fully saturated rings. The molecule has 1 saturated heterocycles. The summed E-state index contributed by atoms with van der Waals surface area (Å²) in [5, 5.41) is 15.8. The first kappa shape index (κ1) is 31.4. The molecule has 1 atom stereocenters. The molecule has 1 aliphatic heterocycles. The fourth-order valence-electron chi connectivity index (χ4n) is 5.68. The van der Waals surface area contributed by atoms with E-state index in [4.69, 9.17) is 14.2 Å². The van der Waals surface area contributed by atoms with Gasteiger partial charge in [0.05, 0.1) is 31.2 Å². The molecule has 3 aromatic rings. The van der Waals surface area contributed by atoms with E-state index >= 15 is 0 Å². The minimum atomic E-state index is -0.280. The van der Waals surface area contributed by atoms with E-state index in [1.807, 2.05) is 18.2 Å². The number of methoxy groups -OCH3 is 1. The maximum atomic E-state index is 13.1. The second-order valence-electron chi connectivity index (χ2n) is 11.0. The topological polar surface area (TPSA) is 127 Å². The van der Waals surface area contributed by atoms with Crippen molar-refractivity contribution in [2.75, 3.05) is 65.5 Å². The summed E-state index contributed by atoms with van der Waals surface area (Å²) < 4.78 is 18.9. The van der Waals surface area contributed by atoms with Crippen LogP contribution in [-0.4, -0.2) is 91.5 Å². The third-order valence-electron chi connectivity index (χ3n) is 8.05. The number of carbonyl (C=O) groups is 2. The molecule has 11 nitrogen and oxygen atoms in total. The SMILES string of the molecule is CNCC(=O)n1ccc2cc(Oc3ccnc(NC(=O)C4C=CC(C5CCN(CCO)CC5)=CC4)c3)c(OCCOC)cc21. The lowest BCUT2D eigenvalue weighted by molar-refractivity contribution is -0.118. The van der Waals surface area contributed by atoms with Gasteiger partial charge in [-0.1, -0.05) is 18.2 Å². The summed E-state index contributed by atoms with van der Waals surface area (Å²) in [6, 6.07) is 8.85. The van der Waals surface area contributed by atoms with E-state index < -0.39 is 0 Å². The Kier molecular flexibility index (Phi) is 10.8. The highest BCUT2D eigenvalue weighted by Crippen LogP contribution is 2.37. The summed E-state index contributed by atoms with van der Waals surface area (Å²) in [7, 11) is 3.33. The molecule has 0 radical (unpaired) electrons. The van der Waals surface area contributed by atoms with Gasteiger partial charge in [0, 0.05) is 43.6 Å². The van der Waals surface area contributed by atoms with Crippen molar-refractivity contribution >= 4 is 28.5 Å². The number of anilines is 1. The molecule has 1 amide bonds. The molecule has 1 unspecified atom stereocenters. The minimum absolute atomic E-state index is 0.0902. The average molecular weight is 604 g/mol. The Morgan fingerprint density at radius 1 is 1.11 bits per heavy atom. The summed E-state index contributed by atoms with van der Waals surface area (Å²) in [5.41, 5.74) is 2.01. The zero-order chi connectivity index (χ0) is 30.9. The monoisotopic (exact) mass is 603 g/mol. The number of aromatic nitrogens is 2. The van der Waals surface area contributed by atoms with Crippen LogP contribution in [0.25, 0.3) is 10.9 Å². The van der Waals surface area contributed by atoms with E-state index in [-0.39, 0.29) is 30.9 Å². The molecule has 3 heterocycles. The van der Waals surface area contributed by atoms with Crippen LogP contribution < -0.4 is 20.1 Å². The number of allylic oxidation sites excluding steroid dienone is 3. The second-order valence-corrected chi connectivity index (χ2v) is 11.0. The van der Waals surface area contributed by atoms with Crippen LogP contribution in [0.15, 0.2) is 66.5 Å². The van der Waals surface area contributed by atoms with Crippen molar-refractivity contribution in [3.05, 3.63) is 66.5 Å². The van der Waals surface area contributed by atoms with Gasteiger partial charge < -0.3 is 34.9 Å². The van der Waals surface area contributed by atoms with Gasteiger partial charge in [0.1, 0.15) is 18.2 Å². The van der Waals surface area contributed by atoms with Crippen LogP contribution in [0.1, 0.15) is 24.1 Å². The number of likely N-dealkylation sites (tertiary alicyclic amines) is 1. The molecule has 2 aromatic heterocycles. The van der Waals surface area contributed by atoms with Gasteiger partial charge in [-0.25, -0.2) is 4.98 Å². The van der Waals surface area contributed by atoms with Gasteiger partial charge in [0.25, 0.3) is 0 Å². The van der Waals surface area contributed by atoms with E-state index in [0.29, 0.717) is 54.1 Å². The van der Waals surface area contributed by atoms with E-state index in [9.17, 15) is 14.7 Å². The van der Waals surface area contributed by atoms with Crippen molar-refractivity contribution in [2.24, 2.45) is 11.8 Å². The van der Waals surface area contributed by atoms with Crippen LogP contribution in [0.5, 0.6) is 17.2 Å². The number of amides is 1. The molecular weight excluding hydrogens is 562 g/mol. The Labute approximate surface area is 257 Å². The third-order valence-corrected chi connectivity index (χ3v) is 8.05. The Morgan fingerprint density at radius 3 is 2.68 bits per heavy atom. The van der Waals surface area contributed by atoms with E-state index in [2.05, 4.69) is 32.7 Å². The zero-order valence-electron chi connectivity index (χ0n) is 25.3. The molecule has 0 saturated carbocycles. The Morgan fingerprint density at radius 2 is 1.95 bits per heavy atom. The molecule has 234 valence electrons. The van der Waals surface area contributed by atoms with Crippen LogP contribution in [0.2, 0.25) is 0 Å². The predicted molar refractivity (Wildman–Crippen MR) is 168 cm³/mol. The van der Waals surface area contributed by atoms with E-state index in [1.165, 1.54) is 5.57 Å². The average Bonchev–Trinajstić information content (AvgIpc) is 3.45. The number of rotatable bonds is 13. The quantitative estimate of drug-likeness (QED) is 0.250. The molecule has 5 rings (SSSR count). The largest absolute Gasteiger partial charge is 0.487 e. The molecule has 3 N–H and O–H groups in total. The number of benzene rings is 1. The number of nitrogens with zero attached hydrogens (tertiary/aromatic N) is 3. The summed E-state index contributed by atoms with van der Waals surface area (Å²) in [6.45, 7) is 3.80. The van der Waals surface area contributed by atoms with E-state index in [1.54, 1.807) is 49.3 Å². The highest BCUT2D eigenvalue weighted by molar-refractivity contribution is 5.95. The molecule has 1 aliphatic carbocycles. The van der Waals surface area contributed by atoms with Gasteiger partial charge in [-0.15, -0.1) is 0 Å². The number of piperidine rings is 1. The Hall–Kier alpha value is -4.03. The number of hydrogen-bond donors (Lipinski definition) is 3. The summed E-state index contributed by atoms with van der Waals surface area (Å²) in [5.74, 6) is 1.79. The summed E-state index contributed by atoms with van der Waals surface area (Å²) in [6.07, 6.45) is 12.3. The lowest BCUT2D eigenvalue weighted by Crippen LogP contribution is -2.36. The van der Waals surface area contributed by atoms with Gasteiger partial charge in [-0.2, -0.15) is 0 Å². The highest BCUT2D eigenvalue weighted by atomic mass is 16.5. The van der Waals surface area contributed by atoms with Crippen molar-refractivity contribution in [1.29, 1.82) is 0 Å². The number of pyridine rings is 1. The van der Waals surface area contributed by atoms with Gasteiger partial charge in [-0.05, 0) is 69.1 Å². The van der Waals surface area contributed by atoms with Gasteiger partial charge in [0.15, 0.2) is 11.5 Å². The van der Waals surface area contributed by atoms with Gasteiger partial charge in [-0.3, -0.25) is 14.2 Å². The smallest absolute Gasteiger partial charge is 0.245 e. The molecular formula is C33H41N5O6. The minimum Gasteiger partial charge on any atom is -0.487 e. The number of aliphatic hydroxyl groups excluding tert-OH is 1. The maximum absolute atomic E-state index is 13.1. The number of ether oxygens (including phenoxy) is 3. The first-order valence-electron chi connectivity index (χ1n) is 15.1. The molecule has 2 aliphatic rings. The molecule has 1 aromatic carbocycles. The van der Waals surface area contributed by atoms with Gasteiger partial charge >= 0.3 is 0 Å². The molecule has 11 heteroatoms. The number of fused-ring (bicyclic) bond motifs is 1.